The summed E-state index contributed by atoms with van der Waals surface area (Å²) < 4.78 is 1.02. The van der Waals surface area contributed by atoms with Crippen LogP contribution in [0.25, 0.3) is 0 Å². The SMILES string of the molecule is CCN1C(=O)C(Cc2ccc(N(C)C)cc2)c2cc(Br)ccc21. The molecule has 0 saturated carbocycles. The van der Waals surface area contributed by atoms with Crippen molar-refractivity contribution < 1.29 is 4.79 Å². The molecule has 0 saturated heterocycles. The van der Waals surface area contributed by atoms with Crippen LogP contribution in [0.3, 0.4) is 0 Å². The van der Waals surface area contributed by atoms with Crippen molar-refractivity contribution >= 4 is 33.2 Å². The van der Waals surface area contributed by atoms with Gasteiger partial charge < -0.3 is 9.80 Å². The normalized spacial score (nSPS) is 16.6. The quantitative estimate of drug-likeness (QED) is 0.802. The molecule has 1 atom stereocenters. The van der Waals surface area contributed by atoms with Gasteiger partial charge in [-0.3, -0.25) is 4.79 Å². The van der Waals surface area contributed by atoms with E-state index >= 15 is 0 Å². The van der Waals surface area contributed by atoms with Gasteiger partial charge in [0, 0.05) is 36.5 Å². The third-order valence-corrected chi connectivity index (χ3v) is 4.92. The van der Waals surface area contributed by atoms with E-state index in [0.717, 1.165) is 22.1 Å². The third-order valence-electron chi connectivity index (χ3n) is 4.43. The lowest BCUT2D eigenvalue weighted by Gasteiger charge is -2.16. The molecule has 1 unspecified atom stereocenters. The molecule has 0 aliphatic carbocycles. The highest BCUT2D eigenvalue weighted by Crippen LogP contribution is 2.40. The van der Waals surface area contributed by atoms with Crippen LogP contribution in [-0.2, 0) is 11.2 Å². The summed E-state index contributed by atoms with van der Waals surface area (Å²) >= 11 is 3.53. The van der Waals surface area contributed by atoms with Crippen LogP contribution in [0.1, 0.15) is 24.0 Å². The topological polar surface area (TPSA) is 23.6 Å². The molecule has 0 radical (unpaired) electrons. The zero-order valence-corrected chi connectivity index (χ0v) is 15.3. The zero-order chi connectivity index (χ0) is 16.6. The minimum absolute atomic E-state index is 0.0901. The van der Waals surface area contributed by atoms with Crippen molar-refractivity contribution in [3.05, 3.63) is 58.1 Å². The first-order valence-electron chi connectivity index (χ1n) is 7.88. The van der Waals surface area contributed by atoms with Crippen LogP contribution >= 0.6 is 15.9 Å². The van der Waals surface area contributed by atoms with E-state index in [1.807, 2.05) is 38.1 Å². The molecule has 0 spiro atoms. The molecule has 0 N–H and O–H groups in total. The van der Waals surface area contributed by atoms with Crippen LogP contribution in [-0.4, -0.2) is 26.5 Å². The van der Waals surface area contributed by atoms with Gasteiger partial charge in [-0.2, -0.15) is 0 Å². The van der Waals surface area contributed by atoms with Crippen LogP contribution in [0, 0.1) is 0 Å². The number of amides is 1. The Morgan fingerprint density at radius 3 is 2.43 bits per heavy atom. The van der Waals surface area contributed by atoms with Crippen LogP contribution in [0.4, 0.5) is 11.4 Å². The maximum absolute atomic E-state index is 12.8. The van der Waals surface area contributed by atoms with Crippen molar-refractivity contribution in [1.29, 1.82) is 0 Å². The Morgan fingerprint density at radius 1 is 1.13 bits per heavy atom. The average molecular weight is 373 g/mol. The Labute approximate surface area is 146 Å². The Bertz CT molecular complexity index is 725. The highest BCUT2D eigenvalue weighted by molar-refractivity contribution is 9.10. The van der Waals surface area contributed by atoms with Crippen molar-refractivity contribution in [3.63, 3.8) is 0 Å². The second-order valence-corrected chi connectivity index (χ2v) is 7.02. The van der Waals surface area contributed by atoms with Gasteiger partial charge in [0.1, 0.15) is 0 Å². The van der Waals surface area contributed by atoms with Crippen molar-refractivity contribution in [2.45, 2.75) is 19.3 Å². The van der Waals surface area contributed by atoms with E-state index in [0.29, 0.717) is 6.54 Å². The molecular formula is C19H21BrN2O. The first-order valence-corrected chi connectivity index (χ1v) is 8.67. The molecule has 3 rings (SSSR count). The minimum atomic E-state index is -0.0901. The highest BCUT2D eigenvalue weighted by atomic mass is 79.9. The Hall–Kier alpha value is -1.81. The average Bonchev–Trinajstić information content (AvgIpc) is 2.79. The maximum atomic E-state index is 12.8. The van der Waals surface area contributed by atoms with E-state index in [-0.39, 0.29) is 11.8 Å². The van der Waals surface area contributed by atoms with Gasteiger partial charge in [0.05, 0.1) is 5.92 Å². The molecule has 0 fully saturated rings. The van der Waals surface area contributed by atoms with Gasteiger partial charge in [-0.25, -0.2) is 0 Å². The molecule has 2 aromatic rings. The number of nitrogens with zero attached hydrogens (tertiary/aromatic N) is 2. The van der Waals surface area contributed by atoms with Gasteiger partial charge in [-0.1, -0.05) is 28.1 Å². The van der Waals surface area contributed by atoms with Crippen molar-refractivity contribution in [2.24, 2.45) is 0 Å². The van der Waals surface area contributed by atoms with Gasteiger partial charge in [0.15, 0.2) is 0 Å². The molecule has 120 valence electrons. The molecule has 2 aromatic carbocycles. The summed E-state index contributed by atoms with van der Waals surface area (Å²) in [5.74, 6) is 0.116. The number of hydrogen-bond donors (Lipinski definition) is 0. The van der Waals surface area contributed by atoms with Crippen molar-refractivity contribution in [1.82, 2.24) is 0 Å². The number of carbonyl (C=O) groups excluding carboxylic acids is 1. The Morgan fingerprint density at radius 2 is 1.83 bits per heavy atom. The van der Waals surface area contributed by atoms with E-state index in [9.17, 15) is 4.79 Å². The fourth-order valence-corrected chi connectivity index (χ4v) is 3.56. The van der Waals surface area contributed by atoms with Gasteiger partial charge in [-0.05, 0) is 54.8 Å². The van der Waals surface area contributed by atoms with Crippen molar-refractivity contribution in [2.75, 3.05) is 30.4 Å². The van der Waals surface area contributed by atoms with E-state index in [4.69, 9.17) is 0 Å². The summed E-state index contributed by atoms with van der Waals surface area (Å²) in [7, 11) is 4.06. The van der Waals surface area contributed by atoms with E-state index < -0.39 is 0 Å². The van der Waals surface area contributed by atoms with Crippen LogP contribution in [0.5, 0.6) is 0 Å². The Kier molecular flexibility index (Phi) is 4.44. The van der Waals surface area contributed by atoms with E-state index in [2.05, 4.69) is 51.2 Å². The minimum Gasteiger partial charge on any atom is -0.378 e. The lowest BCUT2D eigenvalue weighted by atomic mass is 9.93. The van der Waals surface area contributed by atoms with Gasteiger partial charge in [0.2, 0.25) is 5.91 Å². The van der Waals surface area contributed by atoms with Crippen LogP contribution < -0.4 is 9.80 Å². The molecule has 23 heavy (non-hydrogen) atoms. The molecule has 1 amide bonds. The first-order chi connectivity index (χ1) is 11.0. The summed E-state index contributed by atoms with van der Waals surface area (Å²) in [6.07, 6.45) is 0.743. The van der Waals surface area contributed by atoms with Crippen LogP contribution in [0.15, 0.2) is 46.9 Å². The molecule has 3 nitrogen and oxygen atoms in total. The van der Waals surface area contributed by atoms with E-state index in [1.165, 1.54) is 11.3 Å². The number of fused-ring (bicyclic) bond motifs is 1. The summed E-state index contributed by atoms with van der Waals surface area (Å²) in [6.45, 7) is 2.74. The summed E-state index contributed by atoms with van der Waals surface area (Å²) in [6, 6.07) is 14.6. The predicted octanol–water partition coefficient (Wildman–Crippen LogP) is 4.21. The maximum Gasteiger partial charge on any atom is 0.234 e. The molecule has 1 aliphatic heterocycles. The summed E-state index contributed by atoms with van der Waals surface area (Å²) in [4.78, 5) is 16.8. The number of hydrogen-bond acceptors (Lipinski definition) is 2. The second-order valence-electron chi connectivity index (χ2n) is 6.10. The highest BCUT2D eigenvalue weighted by Gasteiger charge is 2.36. The molecule has 0 aromatic heterocycles. The van der Waals surface area contributed by atoms with E-state index in [1.54, 1.807) is 0 Å². The largest absolute Gasteiger partial charge is 0.378 e. The lowest BCUT2D eigenvalue weighted by Crippen LogP contribution is -2.29. The standard InChI is InChI=1S/C19H21BrN2O/c1-4-22-18-10-7-14(20)12-16(18)17(19(22)23)11-13-5-8-15(9-6-13)21(2)3/h5-10,12,17H,4,11H2,1-3H3. The smallest absolute Gasteiger partial charge is 0.234 e. The second kappa shape index (κ2) is 6.36. The first kappa shape index (κ1) is 16.1. The molecule has 0 bridgehead atoms. The molecule has 1 heterocycles. The number of likely N-dealkylation sites (N-methyl/N-ethyl adjacent to an activating group) is 1. The fourth-order valence-electron chi connectivity index (χ4n) is 3.18. The molecule has 1 aliphatic rings. The monoisotopic (exact) mass is 372 g/mol. The van der Waals surface area contributed by atoms with Crippen molar-refractivity contribution in [3.8, 4) is 0 Å². The molecular weight excluding hydrogens is 352 g/mol. The van der Waals surface area contributed by atoms with Gasteiger partial charge >= 0.3 is 0 Å². The molecule has 4 heteroatoms. The summed E-state index contributed by atoms with van der Waals surface area (Å²) in [5.41, 5.74) is 4.54. The number of carbonyl (C=O) groups is 1. The number of halogens is 1. The summed E-state index contributed by atoms with van der Waals surface area (Å²) in [5, 5.41) is 0. The fraction of sp³-hybridized carbons (Fsp3) is 0.316. The third kappa shape index (κ3) is 3.00. The van der Waals surface area contributed by atoms with Gasteiger partial charge in [0.25, 0.3) is 0 Å². The number of anilines is 2. The number of rotatable bonds is 4. The lowest BCUT2D eigenvalue weighted by molar-refractivity contribution is -0.119. The Balaban J connectivity index is 1.91. The predicted molar refractivity (Wildman–Crippen MR) is 99.4 cm³/mol. The van der Waals surface area contributed by atoms with Gasteiger partial charge in [-0.15, -0.1) is 0 Å². The zero-order valence-electron chi connectivity index (χ0n) is 13.7. The number of benzene rings is 2. The van der Waals surface area contributed by atoms with Crippen LogP contribution in [0.2, 0.25) is 0 Å².